The quantitative estimate of drug-likeness (QED) is 0.826. The predicted molar refractivity (Wildman–Crippen MR) is 75.8 cm³/mol. The third-order valence-corrected chi connectivity index (χ3v) is 3.72. The van der Waals surface area contributed by atoms with Crippen LogP contribution in [0.25, 0.3) is 0 Å². The van der Waals surface area contributed by atoms with Gasteiger partial charge in [-0.15, -0.1) is 11.3 Å². The van der Waals surface area contributed by atoms with Gasteiger partial charge in [0.15, 0.2) is 5.13 Å². The zero-order valence-corrected chi connectivity index (χ0v) is 12.4. The average Bonchev–Trinajstić information content (AvgIpc) is 3.03. The molecule has 2 rings (SSSR count). The topological polar surface area (TPSA) is 74.8 Å². The highest BCUT2D eigenvalue weighted by Crippen LogP contribution is 2.18. The molecule has 0 bridgehead atoms. The fourth-order valence-electron chi connectivity index (χ4n) is 1.90. The molecule has 8 heteroatoms. The van der Waals surface area contributed by atoms with E-state index in [2.05, 4.69) is 10.3 Å². The van der Waals surface area contributed by atoms with Crippen molar-refractivity contribution >= 4 is 28.3 Å². The van der Waals surface area contributed by atoms with Gasteiger partial charge in [-0.3, -0.25) is 9.59 Å². The molecule has 1 N–H and O–H groups in total. The number of aromatic nitrogens is 1. The van der Waals surface area contributed by atoms with Crippen LogP contribution in [0, 0.1) is 0 Å². The number of nitrogens with one attached hydrogen (secondary N) is 1. The molecule has 2 amide bonds. The second-order valence-electron chi connectivity index (χ2n) is 4.36. The fourth-order valence-corrected chi connectivity index (χ4v) is 2.65. The lowest BCUT2D eigenvalue weighted by atomic mass is 10.4. The zero-order valence-electron chi connectivity index (χ0n) is 11.6. The minimum absolute atomic E-state index is 0.0578. The summed E-state index contributed by atoms with van der Waals surface area (Å²) in [5.74, 6) is -0.267. The molecule has 1 aromatic heterocycles. The fraction of sp³-hybridized carbons (Fsp3) is 0.583. The van der Waals surface area contributed by atoms with Crippen molar-refractivity contribution < 1.29 is 14.3 Å². The first kappa shape index (κ1) is 14.7. The van der Waals surface area contributed by atoms with Crippen LogP contribution in [0.2, 0.25) is 0 Å². The van der Waals surface area contributed by atoms with Gasteiger partial charge in [0.25, 0.3) is 5.91 Å². The van der Waals surface area contributed by atoms with E-state index < -0.39 is 0 Å². The number of nitrogens with zero attached hydrogens (tertiary/aromatic N) is 3. The number of carbonyl (C=O) groups excluding carboxylic acids is 2. The van der Waals surface area contributed by atoms with Crippen LogP contribution in [0.5, 0.6) is 0 Å². The highest BCUT2D eigenvalue weighted by Gasteiger charge is 2.31. The molecule has 1 saturated heterocycles. The minimum atomic E-state index is -0.210. The van der Waals surface area contributed by atoms with Crippen LogP contribution in [0.3, 0.4) is 0 Å². The van der Waals surface area contributed by atoms with Gasteiger partial charge >= 0.3 is 0 Å². The molecular weight excluding hydrogens is 280 g/mol. The van der Waals surface area contributed by atoms with Crippen molar-refractivity contribution in [1.82, 2.24) is 14.8 Å². The van der Waals surface area contributed by atoms with Crippen LogP contribution in [0.15, 0.2) is 5.38 Å². The Balaban J connectivity index is 1.97. The maximum absolute atomic E-state index is 12.3. The first-order valence-electron chi connectivity index (χ1n) is 6.41. The molecule has 1 aliphatic rings. The zero-order chi connectivity index (χ0) is 14.5. The second kappa shape index (κ2) is 6.67. The molecular formula is C12H18N4O3S. The van der Waals surface area contributed by atoms with Crippen LogP contribution in [0.4, 0.5) is 5.13 Å². The van der Waals surface area contributed by atoms with Crippen molar-refractivity contribution in [2.45, 2.75) is 6.92 Å². The van der Waals surface area contributed by atoms with E-state index in [0.717, 1.165) is 11.7 Å². The van der Waals surface area contributed by atoms with Crippen molar-refractivity contribution in [1.29, 1.82) is 0 Å². The number of hydrogen-bond donors (Lipinski definition) is 1. The molecule has 7 nitrogen and oxygen atoms in total. The molecule has 0 atom stereocenters. The summed E-state index contributed by atoms with van der Waals surface area (Å²) in [7, 11) is 1.58. The molecule has 0 unspecified atom stereocenters. The van der Waals surface area contributed by atoms with Crippen LogP contribution in [0.1, 0.15) is 17.4 Å². The van der Waals surface area contributed by atoms with Crippen LogP contribution < -0.4 is 5.32 Å². The van der Waals surface area contributed by atoms with Crippen LogP contribution in [-0.4, -0.2) is 66.6 Å². The summed E-state index contributed by atoms with van der Waals surface area (Å²) in [4.78, 5) is 31.4. The molecule has 0 spiro atoms. The third kappa shape index (κ3) is 3.26. The third-order valence-electron chi connectivity index (χ3n) is 2.92. The number of thiazole rings is 1. The van der Waals surface area contributed by atoms with E-state index in [1.807, 2.05) is 6.92 Å². The Kier molecular flexibility index (Phi) is 4.91. The Morgan fingerprint density at radius 1 is 1.60 bits per heavy atom. The van der Waals surface area contributed by atoms with Gasteiger partial charge in [0.2, 0.25) is 5.91 Å². The Bertz CT molecular complexity index is 491. The van der Waals surface area contributed by atoms with E-state index >= 15 is 0 Å². The summed E-state index contributed by atoms with van der Waals surface area (Å²) in [5, 5.41) is 5.49. The van der Waals surface area contributed by atoms with Gasteiger partial charge in [-0.25, -0.2) is 4.98 Å². The molecule has 110 valence electrons. The van der Waals surface area contributed by atoms with Gasteiger partial charge in [0.1, 0.15) is 12.2 Å². The lowest BCUT2D eigenvalue weighted by molar-refractivity contribution is -0.127. The molecule has 20 heavy (non-hydrogen) atoms. The van der Waals surface area contributed by atoms with E-state index in [4.69, 9.17) is 4.74 Å². The highest BCUT2D eigenvalue weighted by molar-refractivity contribution is 7.13. The molecule has 0 aliphatic carbocycles. The Morgan fingerprint density at radius 3 is 3.10 bits per heavy atom. The molecule has 1 aliphatic heterocycles. The van der Waals surface area contributed by atoms with E-state index in [1.165, 1.54) is 16.2 Å². The van der Waals surface area contributed by atoms with E-state index in [0.29, 0.717) is 25.5 Å². The molecule has 1 aromatic rings. The van der Waals surface area contributed by atoms with E-state index in [9.17, 15) is 9.59 Å². The molecule has 0 aromatic carbocycles. The summed E-state index contributed by atoms with van der Waals surface area (Å²) >= 11 is 1.39. The molecule has 0 saturated carbocycles. The molecule has 0 radical (unpaired) electrons. The van der Waals surface area contributed by atoms with Gasteiger partial charge in [0.05, 0.1) is 13.3 Å². The highest BCUT2D eigenvalue weighted by atomic mass is 32.1. The number of rotatable bonds is 6. The summed E-state index contributed by atoms with van der Waals surface area (Å²) < 4.78 is 4.95. The van der Waals surface area contributed by atoms with Crippen molar-refractivity contribution in [2.24, 2.45) is 0 Å². The number of hydrogen-bond acceptors (Lipinski definition) is 6. The number of anilines is 1. The Labute approximate surface area is 121 Å². The number of ether oxygens (including phenoxy) is 1. The van der Waals surface area contributed by atoms with Gasteiger partial charge in [0, 0.05) is 25.6 Å². The lowest BCUT2D eigenvalue weighted by Crippen LogP contribution is -2.33. The Morgan fingerprint density at radius 2 is 2.40 bits per heavy atom. The van der Waals surface area contributed by atoms with E-state index in [-0.39, 0.29) is 18.4 Å². The maximum atomic E-state index is 12.3. The first-order chi connectivity index (χ1) is 9.65. The second-order valence-corrected chi connectivity index (χ2v) is 5.22. The van der Waals surface area contributed by atoms with Gasteiger partial charge in [-0.1, -0.05) is 0 Å². The van der Waals surface area contributed by atoms with E-state index in [1.54, 1.807) is 17.4 Å². The van der Waals surface area contributed by atoms with Crippen LogP contribution in [-0.2, 0) is 9.53 Å². The summed E-state index contributed by atoms with van der Waals surface area (Å²) in [6.45, 7) is 4.10. The van der Waals surface area contributed by atoms with Crippen molar-refractivity contribution in [2.75, 3.05) is 45.3 Å². The SMILES string of the molecule is CCNc1nc(C(=O)N2CC(=O)N(CCOC)C2)cs1. The molecule has 1 fully saturated rings. The minimum Gasteiger partial charge on any atom is -0.383 e. The standard InChI is InChI=1S/C12H18N4O3S/c1-3-13-12-14-9(7-20-12)11(18)16-6-10(17)15(8-16)4-5-19-2/h7H,3-6,8H2,1-2H3,(H,13,14). The number of methoxy groups -OCH3 is 1. The summed E-state index contributed by atoms with van der Waals surface area (Å²) in [6.07, 6.45) is 0. The largest absolute Gasteiger partial charge is 0.383 e. The molecule has 2 heterocycles. The van der Waals surface area contributed by atoms with Crippen molar-refractivity contribution in [3.05, 3.63) is 11.1 Å². The average molecular weight is 298 g/mol. The predicted octanol–water partition coefficient (Wildman–Crippen LogP) is 0.463. The van der Waals surface area contributed by atoms with Crippen molar-refractivity contribution in [3.63, 3.8) is 0 Å². The monoisotopic (exact) mass is 298 g/mol. The normalized spacial score (nSPS) is 15.0. The summed E-state index contributed by atoms with van der Waals surface area (Å²) in [5.41, 5.74) is 0.382. The van der Waals surface area contributed by atoms with Gasteiger partial charge < -0.3 is 19.9 Å². The van der Waals surface area contributed by atoms with Gasteiger partial charge in [-0.2, -0.15) is 0 Å². The summed E-state index contributed by atoms with van der Waals surface area (Å²) in [6, 6.07) is 0. The van der Waals surface area contributed by atoms with Crippen LogP contribution >= 0.6 is 11.3 Å². The Hall–Kier alpha value is -1.67. The lowest BCUT2D eigenvalue weighted by Gasteiger charge is -2.16. The maximum Gasteiger partial charge on any atom is 0.275 e. The number of carbonyl (C=O) groups is 2. The smallest absolute Gasteiger partial charge is 0.275 e. The van der Waals surface area contributed by atoms with Crippen molar-refractivity contribution in [3.8, 4) is 0 Å². The number of amides is 2. The van der Waals surface area contributed by atoms with Gasteiger partial charge in [-0.05, 0) is 6.92 Å². The first-order valence-corrected chi connectivity index (χ1v) is 7.29.